The van der Waals surface area contributed by atoms with E-state index < -0.39 is 0 Å². The van der Waals surface area contributed by atoms with Crippen molar-refractivity contribution in [2.75, 3.05) is 5.32 Å². The lowest BCUT2D eigenvalue weighted by molar-refractivity contribution is -0.121. The Labute approximate surface area is 155 Å². The zero-order valence-electron chi connectivity index (χ0n) is 14.3. The molecule has 1 aromatic carbocycles. The summed E-state index contributed by atoms with van der Waals surface area (Å²) in [5, 5.41) is 15.6. The van der Waals surface area contributed by atoms with Crippen LogP contribution in [0, 0.1) is 6.92 Å². The van der Waals surface area contributed by atoms with Crippen LogP contribution in [0.4, 0.5) is 10.8 Å². The van der Waals surface area contributed by atoms with E-state index in [2.05, 4.69) is 20.8 Å². The highest BCUT2D eigenvalue weighted by molar-refractivity contribution is 8.02. The maximum atomic E-state index is 12.1. The zero-order chi connectivity index (χ0) is 17.9. The van der Waals surface area contributed by atoms with Crippen molar-refractivity contribution >= 4 is 51.4 Å². The summed E-state index contributed by atoms with van der Waals surface area (Å²) in [6, 6.07) is 5.67. The topological polar surface area (TPSA) is 66.9 Å². The van der Waals surface area contributed by atoms with Crippen molar-refractivity contribution in [2.24, 2.45) is 0 Å². The first-order valence-electron chi connectivity index (χ1n) is 7.50. The van der Waals surface area contributed by atoms with Crippen LogP contribution in [0.25, 0.3) is 0 Å². The second-order valence-electron chi connectivity index (χ2n) is 6.41. The summed E-state index contributed by atoms with van der Waals surface area (Å²) in [6.07, 6.45) is 0. The van der Waals surface area contributed by atoms with Crippen LogP contribution in [-0.2, 0) is 4.79 Å². The smallest absolute Gasteiger partial charge is 0.233 e. The highest BCUT2D eigenvalue weighted by atomic mass is 35.5. The van der Waals surface area contributed by atoms with Gasteiger partial charge in [0.15, 0.2) is 4.34 Å². The molecule has 1 heterocycles. The number of anilines is 2. The molecule has 2 rings (SSSR count). The third-order valence-corrected chi connectivity index (χ3v) is 5.49. The van der Waals surface area contributed by atoms with E-state index >= 15 is 0 Å². The standard InChI is InChI=1S/C16H21ClN4OS2/c1-9-11(17)7-6-8-12(9)18-14-20-21-15(24-14)23-10(2)13(22)19-16(3,4)5/h6-8,10H,1-5H3,(H,18,20)(H,19,22). The number of rotatable bonds is 5. The van der Waals surface area contributed by atoms with Gasteiger partial charge < -0.3 is 10.6 Å². The minimum absolute atomic E-state index is 0.0112. The number of aromatic nitrogens is 2. The molecule has 0 radical (unpaired) electrons. The van der Waals surface area contributed by atoms with E-state index in [1.54, 1.807) is 0 Å². The lowest BCUT2D eigenvalue weighted by Crippen LogP contribution is -2.44. The average Bonchev–Trinajstić information content (AvgIpc) is 2.89. The average molecular weight is 385 g/mol. The molecule has 1 aromatic heterocycles. The summed E-state index contributed by atoms with van der Waals surface area (Å²) in [7, 11) is 0. The van der Waals surface area contributed by atoms with Gasteiger partial charge in [-0.15, -0.1) is 10.2 Å². The normalized spacial score (nSPS) is 12.8. The number of halogens is 1. The molecule has 130 valence electrons. The van der Waals surface area contributed by atoms with Crippen molar-refractivity contribution < 1.29 is 4.79 Å². The fraction of sp³-hybridized carbons (Fsp3) is 0.438. The van der Waals surface area contributed by atoms with E-state index in [0.29, 0.717) is 10.2 Å². The van der Waals surface area contributed by atoms with Crippen molar-refractivity contribution in [3.05, 3.63) is 28.8 Å². The molecule has 1 atom stereocenters. The van der Waals surface area contributed by atoms with Crippen LogP contribution < -0.4 is 10.6 Å². The molecule has 0 fully saturated rings. The fourth-order valence-electron chi connectivity index (χ4n) is 1.84. The van der Waals surface area contributed by atoms with Crippen LogP contribution in [0.2, 0.25) is 5.02 Å². The first-order valence-corrected chi connectivity index (χ1v) is 9.57. The second-order valence-corrected chi connectivity index (χ2v) is 9.38. The summed E-state index contributed by atoms with van der Waals surface area (Å²) in [5.41, 5.74) is 1.61. The van der Waals surface area contributed by atoms with Gasteiger partial charge in [-0.25, -0.2) is 0 Å². The predicted octanol–water partition coefficient (Wildman–Crippen LogP) is 4.64. The number of hydrogen-bond acceptors (Lipinski definition) is 6. The Balaban J connectivity index is 2.00. The van der Waals surface area contributed by atoms with E-state index in [9.17, 15) is 4.79 Å². The lowest BCUT2D eigenvalue weighted by atomic mass is 10.1. The summed E-state index contributed by atoms with van der Waals surface area (Å²) in [6.45, 7) is 9.69. The van der Waals surface area contributed by atoms with E-state index in [0.717, 1.165) is 15.6 Å². The number of amides is 1. The number of nitrogens with one attached hydrogen (secondary N) is 2. The Hall–Kier alpha value is -1.31. The Morgan fingerprint density at radius 3 is 2.71 bits per heavy atom. The van der Waals surface area contributed by atoms with Gasteiger partial charge >= 0.3 is 0 Å². The van der Waals surface area contributed by atoms with E-state index in [-0.39, 0.29) is 16.7 Å². The molecule has 8 heteroatoms. The Kier molecular flexibility index (Phi) is 6.11. The molecule has 1 amide bonds. The Morgan fingerprint density at radius 2 is 2.04 bits per heavy atom. The largest absolute Gasteiger partial charge is 0.351 e. The van der Waals surface area contributed by atoms with Gasteiger partial charge in [0.1, 0.15) is 0 Å². The summed E-state index contributed by atoms with van der Waals surface area (Å²) in [5.74, 6) is -0.0112. The highest BCUT2D eigenvalue weighted by Crippen LogP contribution is 2.32. The Bertz CT molecular complexity index is 727. The van der Waals surface area contributed by atoms with Crippen molar-refractivity contribution in [2.45, 2.75) is 49.7 Å². The van der Waals surface area contributed by atoms with Crippen LogP contribution in [0.3, 0.4) is 0 Å². The molecular weight excluding hydrogens is 364 g/mol. The predicted molar refractivity (Wildman–Crippen MR) is 103 cm³/mol. The van der Waals surface area contributed by atoms with Gasteiger partial charge in [-0.2, -0.15) is 0 Å². The molecule has 0 spiro atoms. The number of benzene rings is 1. The molecule has 5 nitrogen and oxygen atoms in total. The highest BCUT2D eigenvalue weighted by Gasteiger charge is 2.21. The minimum atomic E-state index is -0.246. The number of hydrogen-bond donors (Lipinski definition) is 2. The van der Waals surface area contributed by atoms with E-state index in [1.165, 1.54) is 23.1 Å². The molecule has 1 unspecified atom stereocenters. The van der Waals surface area contributed by atoms with Gasteiger partial charge in [-0.3, -0.25) is 4.79 Å². The Morgan fingerprint density at radius 1 is 1.33 bits per heavy atom. The summed E-state index contributed by atoms with van der Waals surface area (Å²) >= 11 is 8.93. The number of thioether (sulfide) groups is 1. The van der Waals surface area contributed by atoms with Crippen LogP contribution in [0.1, 0.15) is 33.3 Å². The van der Waals surface area contributed by atoms with Crippen molar-refractivity contribution in [1.82, 2.24) is 15.5 Å². The number of carbonyl (C=O) groups is 1. The van der Waals surface area contributed by atoms with E-state index in [4.69, 9.17) is 11.6 Å². The fourth-order valence-corrected chi connectivity index (χ4v) is 3.92. The molecule has 0 bridgehead atoms. The maximum Gasteiger partial charge on any atom is 0.233 e. The first kappa shape index (κ1) is 19.0. The monoisotopic (exact) mass is 384 g/mol. The van der Waals surface area contributed by atoms with Crippen LogP contribution in [0.5, 0.6) is 0 Å². The molecule has 0 aliphatic carbocycles. The molecule has 2 N–H and O–H groups in total. The van der Waals surface area contributed by atoms with Crippen LogP contribution >= 0.6 is 34.7 Å². The van der Waals surface area contributed by atoms with Gasteiger partial charge in [0.25, 0.3) is 0 Å². The molecule has 0 saturated carbocycles. The maximum absolute atomic E-state index is 12.1. The molecule has 0 aliphatic rings. The molecule has 24 heavy (non-hydrogen) atoms. The third-order valence-electron chi connectivity index (χ3n) is 3.06. The van der Waals surface area contributed by atoms with Gasteiger partial charge in [0.2, 0.25) is 11.0 Å². The van der Waals surface area contributed by atoms with Crippen molar-refractivity contribution in [1.29, 1.82) is 0 Å². The van der Waals surface area contributed by atoms with Gasteiger partial charge in [0, 0.05) is 16.2 Å². The van der Waals surface area contributed by atoms with Crippen molar-refractivity contribution in [3.8, 4) is 0 Å². The quantitative estimate of drug-likeness (QED) is 0.735. The number of nitrogens with zero attached hydrogens (tertiary/aromatic N) is 2. The first-order chi connectivity index (χ1) is 11.2. The van der Waals surface area contributed by atoms with Crippen LogP contribution in [-0.4, -0.2) is 26.9 Å². The van der Waals surface area contributed by atoms with Crippen LogP contribution in [0.15, 0.2) is 22.5 Å². The molecule has 2 aromatic rings. The molecular formula is C16H21ClN4OS2. The van der Waals surface area contributed by atoms with Gasteiger partial charge in [-0.05, 0) is 52.3 Å². The summed E-state index contributed by atoms with van der Waals surface area (Å²) in [4.78, 5) is 12.1. The lowest BCUT2D eigenvalue weighted by Gasteiger charge is -2.22. The third kappa shape index (κ3) is 5.36. The minimum Gasteiger partial charge on any atom is -0.351 e. The van der Waals surface area contributed by atoms with E-state index in [1.807, 2.05) is 52.8 Å². The molecule has 0 aliphatic heterocycles. The summed E-state index contributed by atoms with van der Waals surface area (Å²) < 4.78 is 0.744. The molecule has 0 saturated heterocycles. The van der Waals surface area contributed by atoms with Gasteiger partial charge in [-0.1, -0.05) is 40.8 Å². The van der Waals surface area contributed by atoms with Gasteiger partial charge in [0.05, 0.1) is 5.25 Å². The number of carbonyl (C=O) groups excluding carboxylic acids is 1. The second kappa shape index (κ2) is 7.72. The van der Waals surface area contributed by atoms with Crippen molar-refractivity contribution in [3.63, 3.8) is 0 Å². The zero-order valence-corrected chi connectivity index (χ0v) is 16.7. The SMILES string of the molecule is Cc1c(Cl)cccc1Nc1nnc(SC(C)C(=O)NC(C)(C)C)s1.